The number of likely N-dealkylation sites (tertiary alicyclic amines) is 1. The number of hydrogen-bond acceptors (Lipinski definition) is 5. The van der Waals surface area contributed by atoms with Gasteiger partial charge in [-0.05, 0) is 44.0 Å². The van der Waals surface area contributed by atoms with E-state index in [1.165, 1.54) is 6.20 Å². The maximum Gasteiger partial charge on any atom is 0.313 e. The largest absolute Gasteiger partial charge is 0.383 e. The molecule has 1 aromatic rings. The van der Waals surface area contributed by atoms with Gasteiger partial charge in [-0.2, -0.15) is 0 Å². The van der Waals surface area contributed by atoms with Gasteiger partial charge in [0.15, 0.2) is 0 Å². The average Bonchev–Trinajstić information content (AvgIpc) is 2.59. The molecule has 0 aromatic carbocycles. The summed E-state index contributed by atoms with van der Waals surface area (Å²) in [4.78, 5) is 29.9. The lowest BCUT2D eigenvalue weighted by Gasteiger charge is -2.31. The van der Waals surface area contributed by atoms with Crippen molar-refractivity contribution in [1.29, 1.82) is 0 Å². The highest BCUT2D eigenvalue weighted by atomic mass is 16.5. The molecule has 0 spiro atoms. The van der Waals surface area contributed by atoms with Crippen molar-refractivity contribution in [1.82, 2.24) is 15.2 Å². The van der Waals surface area contributed by atoms with Gasteiger partial charge in [0.1, 0.15) is 0 Å². The Balaban J connectivity index is 1.66. The summed E-state index contributed by atoms with van der Waals surface area (Å²) in [7, 11) is 1.71. The molecule has 1 aromatic heterocycles. The summed E-state index contributed by atoms with van der Waals surface area (Å²) in [5, 5.41) is 5.24. The van der Waals surface area contributed by atoms with Crippen LogP contribution in [-0.2, 0) is 14.3 Å². The van der Waals surface area contributed by atoms with Gasteiger partial charge in [0.25, 0.3) is 0 Å². The van der Waals surface area contributed by atoms with Crippen LogP contribution in [0.5, 0.6) is 0 Å². The Morgan fingerprint density at radius 2 is 2.13 bits per heavy atom. The minimum absolute atomic E-state index is 0.420. The Labute approximate surface area is 136 Å². The van der Waals surface area contributed by atoms with E-state index < -0.39 is 11.8 Å². The second-order valence-corrected chi connectivity index (χ2v) is 5.68. The molecule has 0 atom stereocenters. The molecule has 1 aliphatic heterocycles. The Morgan fingerprint density at radius 3 is 2.78 bits per heavy atom. The number of anilines is 1. The van der Waals surface area contributed by atoms with E-state index in [0.29, 0.717) is 18.2 Å². The third-order valence-corrected chi connectivity index (χ3v) is 4.00. The van der Waals surface area contributed by atoms with E-state index in [4.69, 9.17) is 4.74 Å². The highest BCUT2D eigenvalue weighted by Crippen LogP contribution is 2.15. The van der Waals surface area contributed by atoms with Crippen molar-refractivity contribution in [2.24, 2.45) is 5.92 Å². The number of carbonyl (C=O) groups excluding carboxylic acids is 2. The fourth-order valence-electron chi connectivity index (χ4n) is 2.58. The van der Waals surface area contributed by atoms with Crippen LogP contribution < -0.4 is 10.6 Å². The van der Waals surface area contributed by atoms with Gasteiger partial charge in [0.2, 0.25) is 0 Å². The Bertz CT molecular complexity index is 501. The summed E-state index contributed by atoms with van der Waals surface area (Å²) in [6, 6.07) is 3.39. The van der Waals surface area contributed by atoms with Crippen LogP contribution in [0.4, 0.5) is 5.69 Å². The summed E-state index contributed by atoms with van der Waals surface area (Å²) in [5.74, 6) is -0.838. The molecule has 126 valence electrons. The number of methoxy groups -OCH3 is 1. The van der Waals surface area contributed by atoms with E-state index in [1.807, 2.05) is 0 Å². The molecule has 2 rings (SSSR count). The second-order valence-electron chi connectivity index (χ2n) is 5.68. The van der Waals surface area contributed by atoms with Crippen LogP contribution in [-0.4, -0.2) is 61.6 Å². The second kappa shape index (κ2) is 9.22. The predicted molar refractivity (Wildman–Crippen MR) is 86.9 cm³/mol. The van der Waals surface area contributed by atoms with Gasteiger partial charge in [-0.3, -0.25) is 14.6 Å². The topological polar surface area (TPSA) is 83.6 Å². The molecule has 0 bridgehead atoms. The van der Waals surface area contributed by atoms with Crippen LogP contribution in [0.25, 0.3) is 0 Å². The molecule has 2 heterocycles. The summed E-state index contributed by atoms with van der Waals surface area (Å²) < 4.78 is 5.08. The molecule has 1 aliphatic rings. The van der Waals surface area contributed by atoms with Crippen LogP contribution in [0, 0.1) is 5.92 Å². The highest BCUT2D eigenvalue weighted by Gasteiger charge is 2.21. The number of carbonyl (C=O) groups is 2. The Kier molecular flexibility index (Phi) is 6.96. The lowest BCUT2D eigenvalue weighted by atomic mass is 9.97. The predicted octanol–water partition coefficient (Wildman–Crippen LogP) is 0.495. The van der Waals surface area contributed by atoms with Crippen LogP contribution in [0.2, 0.25) is 0 Å². The molecule has 7 heteroatoms. The lowest BCUT2D eigenvalue weighted by Crippen LogP contribution is -2.42. The standard InChI is InChI=1S/C16H24N4O3/c1-23-10-9-20-7-4-13(5-8-20)11-18-15(21)16(22)19-14-3-2-6-17-12-14/h2-3,6,12-13H,4-5,7-11H2,1H3,(H,18,21)(H,19,22). The van der Waals surface area contributed by atoms with Crippen molar-refractivity contribution >= 4 is 17.5 Å². The minimum atomic E-state index is -0.657. The number of nitrogens with one attached hydrogen (secondary N) is 2. The van der Waals surface area contributed by atoms with E-state index >= 15 is 0 Å². The number of nitrogens with zero attached hydrogens (tertiary/aromatic N) is 2. The maximum absolute atomic E-state index is 11.8. The maximum atomic E-state index is 11.8. The molecule has 0 unspecified atom stereocenters. The first kappa shape index (κ1) is 17.4. The van der Waals surface area contributed by atoms with Gasteiger partial charge >= 0.3 is 11.8 Å². The fourth-order valence-corrected chi connectivity index (χ4v) is 2.58. The SMILES string of the molecule is COCCN1CCC(CNC(=O)C(=O)Nc2cccnc2)CC1. The summed E-state index contributed by atoms with van der Waals surface area (Å²) >= 11 is 0. The number of pyridine rings is 1. The van der Waals surface area contributed by atoms with E-state index in [2.05, 4.69) is 20.5 Å². The molecule has 0 radical (unpaired) electrons. The monoisotopic (exact) mass is 320 g/mol. The number of rotatable bonds is 6. The molecule has 2 amide bonds. The molecular formula is C16H24N4O3. The summed E-state index contributed by atoms with van der Waals surface area (Å²) in [6.45, 7) is 4.24. The zero-order valence-corrected chi connectivity index (χ0v) is 13.5. The lowest BCUT2D eigenvalue weighted by molar-refractivity contribution is -0.136. The van der Waals surface area contributed by atoms with Crippen molar-refractivity contribution in [2.75, 3.05) is 45.2 Å². The number of piperidine rings is 1. The Hall–Kier alpha value is -1.99. The number of aromatic nitrogens is 1. The first-order chi connectivity index (χ1) is 11.2. The van der Waals surface area contributed by atoms with Gasteiger partial charge in [-0.1, -0.05) is 0 Å². The van der Waals surface area contributed by atoms with Gasteiger partial charge in [-0.15, -0.1) is 0 Å². The van der Waals surface area contributed by atoms with Crippen molar-refractivity contribution in [2.45, 2.75) is 12.8 Å². The van der Waals surface area contributed by atoms with Gasteiger partial charge in [0, 0.05) is 26.4 Å². The first-order valence-corrected chi connectivity index (χ1v) is 7.89. The highest BCUT2D eigenvalue weighted by molar-refractivity contribution is 6.39. The molecule has 0 aliphatic carbocycles. The van der Waals surface area contributed by atoms with Gasteiger partial charge in [0.05, 0.1) is 18.5 Å². The third-order valence-electron chi connectivity index (χ3n) is 4.00. The van der Waals surface area contributed by atoms with E-state index in [0.717, 1.165) is 39.1 Å². The molecule has 1 saturated heterocycles. The normalized spacial score (nSPS) is 16.0. The van der Waals surface area contributed by atoms with Crippen molar-refractivity contribution in [3.8, 4) is 0 Å². The molecule has 7 nitrogen and oxygen atoms in total. The zero-order valence-electron chi connectivity index (χ0n) is 13.5. The average molecular weight is 320 g/mol. The minimum Gasteiger partial charge on any atom is -0.383 e. The van der Waals surface area contributed by atoms with Crippen molar-refractivity contribution in [3.63, 3.8) is 0 Å². The third kappa shape index (κ3) is 5.96. The van der Waals surface area contributed by atoms with Crippen LogP contribution >= 0.6 is 0 Å². The first-order valence-electron chi connectivity index (χ1n) is 7.89. The molecule has 2 N–H and O–H groups in total. The fraction of sp³-hybridized carbons (Fsp3) is 0.562. The molecule has 1 fully saturated rings. The van der Waals surface area contributed by atoms with E-state index in [1.54, 1.807) is 25.4 Å². The number of ether oxygens (including phenoxy) is 1. The van der Waals surface area contributed by atoms with Gasteiger partial charge in [-0.25, -0.2) is 0 Å². The Morgan fingerprint density at radius 1 is 1.35 bits per heavy atom. The quantitative estimate of drug-likeness (QED) is 0.746. The van der Waals surface area contributed by atoms with Gasteiger partial charge < -0.3 is 20.3 Å². The van der Waals surface area contributed by atoms with Crippen LogP contribution in [0.1, 0.15) is 12.8 Å². The van der Waals surface area contributed by atoms with E-state index in [-0.39, 0.29) is 0 Å². The molecule has 23 heavy (non-hydrogen) atoms. The molecular weight excluding hydrogens is 296 g/mol. The zero-order chi connectivity index (χ0) is 16.5. The summed E-state index contributed by atoms with van der Waals surface area (Å²) in [6.07, 6.45) is 5.15. The number of hydrogen-bond donors (Lipinski definition) is 2. The van der Waals surface area contributed by atoms with Crippen LogP contribution in [0.3, 0.4) is 0 Å². The summed E-state index contributed by atoms with van der Waals surface area (Å²) in [5.41, 5.74) is 0.513. The molecule has 0 saturated carbocycles. The van der Waals surface area contributed by atoms with Crippen molar-refractivity contribution < 1.29 is 14.3 Å². The van der Waals surface area contributed by atoms with E-state index in [9.17, 15) is 9.59 Å². The van der Waals surface area contributed by atoms with Crippen LogP contribution in [0.15, 0.2) is 24.5 Å². The van der Waals surface area contributed by atoms with Crippen molar-refractivity contribution in [3.05, 3.63) is 24.5 Å². The smallest absolute Gasteiger partial charge is 0.313 e. The number of amides is 2.